The number of nitrogens with zero attached hydrogens (tertiary/aromatic N) is 4. The lowest BCUT2D eigenvalue weighted by Crippen LogP contribution is -2.46. The molecule has 248 valence electrons. The first-order valence-corrected chi connectivity index (χ1v) is 16.0. The second kappa shape index (κ2) is 14.6. The number of aliphatic hydroxyl groups is 2. The maximum Gasteiger partial charge on any atom is 0.342 e. The standard InChI is InChI=1S/C27H45N6O10P/c1-14(2)10-17(24(35)40-8)31-44(38,32-18(11-15(3)4)25(36)41-9)42-12-19-21(34)27(6,37)26(43-19)33-13-28-20-22(33)29-16(5)30-23(20)39-7/h13-15,17-19,21,26,34,37H,10-12H2,1-9H3,(H2,31,32,38)/t17?,18?,19-,21?,26-,27+,44?/m1/s1. The van der Waals surface area contributed by atoms with Crippen LogP contribution in [0.5, 0.6) is 5.88 Å². The van der Waals surface area contributed by atoms with Crippen molar-refractivity contribution in [3.8, 4) is 5.88 Å². The van der Waals surface area contributed by atoms with Gasteiger partial charge in [-0.2, -0.15) is 4.98 Å². The van der Waals surface area contributed by atoms with Gasteiger partial charge in [0, 0.05) is 0 Å². The van der Waals surface area contributed by atoms with E-state index in [1.807, 2.05) is 27.7 Å². The molecule has 0 saturated carbocycles. The van der Waals surface area contributed by atoms with Gasteiger partial charge in [0.15, 0.2) is 17.4 Å². The zero-order chi connectivity index (χ0) is 33.0. The van der Waals surface area contributed by atoms with E-state index < -0.39 is 62.3 Å². The fourth-order valence-corrected chi connectivity index (χ4v) is 6.84. The van der Waals surface area contributed by atoms with Crippen molar-refractivity contribution in [2.45, 2.75) is 90.5 Å². The van der Waals surface area contributed by atoms with Gasteiger partial charge in [-0.3, -0.25) is 18.7 Å². The van der Waals surface area contributed by atoms with E-state index in [0.29, 0.717) is 17.0 Å². The van der Waals surface area contributed by atoms with Crippen molar-refractivity contribution in [1.82, 2.24) is 29.7 Å². The third kappa shape index (κ3) is 8.10. The summed E-state index contributed by atoms with van der Waals surface area (Å²) in [5.41, 5.74) is -1.26. The third-order valence-electron chi connectivity index (χ3n) is 7.16. The van der Waals surface area contributed by atoms with Gasteiger partial charge in [-0.1, -0.05) is 27.7 Å². The minimum Gasteiger partial charge on any atom is -0.479 e. The number of hydrogen-bond acceptors (Lipinski definition) is 13. The molecule has 3 rings (SSSR count). The van der Waals surface area contributed by atoms with E-state index in [1.165, 1.54) is 39.1 Å². The molecule has 0 aromatic carbocycles. The number of aryl methyl sites for hydroxylation is 1. The fraction of sp³-hybridized carbons (Fsp3) is 0.741. The summed E-state index contributed by atoms with van der Waals surface area (Å²) >= 11 is 0. The fourth-order valence-electron chi connectivity index (χ4n) is 5.02. The molecule has 0 radical (unpaired) electrons. The number of ether oxygens (including phenoxy) is 4. The molecule has 2 aromatic heterocycles. The number of esters is 2. The number of hydrogen-bond donors (Lipinski definition) is 4. The van der Waals surface area contributed by atoms with Crippen molar-refractivity contribution in [2.75, 3.05) is 27.9 Å². The molecular weight excluding hydrogens is 599 g/mol. The lowest BCUT2D eigenvalue weighted by Gasteiger charge is -2.30. The summed E-state index contributed by atoms with van der Waals surface area (Å²) < 4.78 is 42.8. The molecule has 2 aromatic rings. The predicted octanol–water partition coefficient (Wildman–Crippen LogP) is 1.63. The van der Waals surface area contributed by atoms with E-state index in [-0.39, 0.29) is 30.6 Å². The van der Waals surface area contributed by atoms with Crippen LogP contribution in [0.1, 0.15) is 59.5 Å². The summed E-state index contributed by atoms with van der Waals surface area (Å²) in [7, 11) is -0.408. The van der Waals surface area contributed by atoms with Crippen LogP contribution < -0.4 is 14.9 Å². The normalized spacial score (nSPS) is 24.8. The lowest BCUT2D eigenvalue weighted by atomic mass is 9.96. The molecule has 0 aliphatic carbocycles. The smallest absolute Gasteiger partial charge is 0.342 e. The highest BCUT2D eigenvalue weighted by Gasteiger charge is 2.54. The molecule has 17 heteroatoms. The molecule has 4 N–H and O–H groups in total. The number of aliphatic hydroxyl groups excluding tert-OH is 1. The first-order valence-electron chi connectivity index (χ1n) is 14.3. The highest BCUT2D eigenvalue weighted by atomic mass is 31.2. The Hall–Kier alpha value is -2.72. The molecule has 3 heterocycles. The first kappa shape index (κ1) is 35.8. The van der Waals surface area contributed by atoms with Crippen molar-refractivity contribution in [1.29, 1.82) is 0 Å². The molecule has 0 amide bonds. The van der Waals surface area contributed by atoms with Gasteiger partial charge in [0.25, 0.3) is 0 Å². The number of rotatable bonds is 15. The van der Waals surface area contributed by atoms with E-state index >= 15 is 0 Å². The monoisotopic (exact) mass is 644 g/mol. The molecule has 1 saturated heterocycles. The number of fused-ring (bicyclic) bond motifs is 1. The zero-order valence-electron chi connectivity index (χ0n) is 26.6. The van der Waals surface area contributed by atoms with Gasteiger partial charge in [-0.15, -0.1) is 0 Å². The van der Waals surface area contributed by atoms with Crippen molar-refractivity contribution in [2.24, 2.45) is 11.8 Å². The number of carbonyl (C=O) groups is 2. The van der Waals surface area contributed by atoms with Crippen LogP contribution in [0.25, 0.3) is 11.2 Å². The van der Waals surface area contributed by atoms with Gasteiger partial charge in [0.2, 0.25) is 5.88 Å². The molecule has 0 bridgehead atoms. The predicted molar refractivity (Wildman–Crippen MR) is 158 cm³/mol. The van der Waals surface area contributed by atoms with Crippen LogP contribution in [0.3, 0.4) is 0 Å². The van der Waals surface area contributed by atoms with Crippen molar-refractivity contribution in [3.63, 3.8) is 0 Å². The molecule has 0 spiro atoms. The Kier molecular flexibility index (Phi) is 11.9. The Balaban J connectivity index is 1.93. The summed E-state index contributed by atoms with van der Waals surface area (Å²) in [5, 5.41) is 28.0. The molecule has 3 unspecified atom stereocenters. The first-order chi connectivity index (χ1) is 20.6. The number of carbonyl (C=O) groups excluding carboxylic acids is 2. The van der Waals surface area contributed by atoms with E-state index in [4.69, 9.17) is 23.5 Å². The zero-order valence-corrected chi connectivity index (χ0v) is 27.5. The number of methoxy groups -OCH3 is 3. The van der Waals surface area contributed by atoms with Crippen LogP contribution in [0.2, 0.25) is 0 Å². The third-order valence-corrected chi connectivity index (χ3v) is 8.98. The van der Waals surface area contributed by atoms with E-state index in [0.717, 1.165) is 0 Å². The molecule has 44 heavy (non-hydrogen) atoms. The Morgan fingerprint density at radius 2 is 1.61 bits per heavy atom. The van der Waals surface area contributed by atoms with Crippen LogP contribution in [-0.2, 0) is 32.9 Å². The van der Waals surface area contributed by atoms with Gasteiger partial charge in [0.05, 0.1) is 34.3 Å². The topological polar surface area (TPSA) is 205 Å². The second-order valence-corrected chi connectivity index (χ2v) is 13.7. The molecule has 1 aliphatic heterocycles. The largest absolute Gasteiger partial charge is 0.479 e. The number of aromatic nitrogens is 4. The molecule has 16 nitrogen and oxygen atoms in total. The summed E-state index contributed by atoms with van der Waals surface area (Å²) in [5.74, 6) is -0.746. The summed E-state index contributed by atoms with van der Waals surface area (Å²) in [4.78, 5) is 38.2. The molecule has 6 atom stereocenters. The minimum absolute atomic E-state index is 0.000894. The van der Waals surface area contributed by atoms with Crippen LogP contribution in [-0.4, -0.2) is 99.5 Å². The van der Waals surface area contributed by atoms with Crippen molar-refractivity contribution >= 4 is 30.8 Å². The van der Waals surface area contributed by atoms with Gasteiger partial charge in [-0.05, 0) is 38.5 Å². The highest BCUT2D eigenvalue weighted by molar-refractivity contribution is 7.54. The maximum atomic E-state index is 14.3. The SMILES string of the molecule is COC(=O)C(CC(C)C)NP(=O)(NC(CC(C)C)C(=O)OC)OC[C@H]1O[C@@H](n2cnc3c(OC)nc(C)nc32)[C@@](C)(O)C1O. The Labute approximate surface area is 256 Å². The summed E-state index contributed by atoms with van der Waals surface area (Å²) in [6.07, 6.45) is -2.06. The van der Waals surface area contributed by atoms with Gasteiger partial charge < -0.3 is 33.7 Å². The van der Waals surface area contributed by atoms with E-state index in [2.05, 4.69) is 25.1 Å². The van der Waals surface area contributed by atoms with Gasteiger partial charge in [-0.25, -0.2) is 20.1 Å². The average molecular weight is 645 g/mol. The summed E-state index contributed by atoms with van der Waals surface area (Å²) in [6, 6.07) is -2.12. The Morgan fingerprint density at radius 1 is 1.07 bits per heavy atom. The van der Waals surface area contributed by atoms with Gasteiger partial charge in [0.1, 0.15) is 35.7 Å². The van der Waals surface area contributed by atoms with Crippen LogP contribution in [0.15, 0.2) is 6.33 Å². The average Bonchev–Trinajstić information content (AvgIpc) is 3.46. The van der Waals surface area contributed by atoms with E-state index in [1.54, 1.807) is 6.92 Å². The van der Waals surface area contributed by atoms with Gasteiger partial charge >= 0.3 is 19.6 Å². The Bertz CT molecular complexity index is 1320. The molecular formula is C27H45N6O10P. The highest BCUT2D eigenvalue weighted by Crippen LogP contribution is 2.45. The number of imidazole rings is 1. The Morgan fingerprint density at radius 3 is 2.09 bits per heavy atom. The van der Waals surface area contributed by atoms with Crippen LogP contribution in [0.4, 0.5) is 0 Å². The molecule has 1 aliphatic rings. The maximum absolute atomic E-state index is 14.3. The summed E-state index contributed by atoms with van der Waals surface area (Å²) in [6.45, 7) is 10.0. The number of nitrogens with one attached hydrogen (secondary N) is 2. The quantitative estimate of drug-likeness (QED) is 0.161. The second-order valence-electron chi connectivity index (χ2n) is 11.8. The van der Waals surface area contributed by atoms with Crippen molar-refractivity contribution < 1.29 is 47.8 Å². The molecule has 1 fully saturated rings. The van der Waals surface area contributed by atoms with Crippen LogP contribution in [0, 0.1) is 18.8 Å². The lowest BCUT2D eigenvalue weighted by molar-refractivity contribution is -0.143. The van der Waals surface area contributed by atoms with Crippen LogP contribution >= 0.6 is 7.67 Å². The van der Waals surface area contributed by atoms with E-state index in [9.17, 15) is 24.4 Å². The van der Waals surface area contributed by atoms with Crippen molar-refractivity contribution in [3.05, 3.63) is 12.2 Å². The minimum atomic E-state index is -4.27.